The van der Waals surface area contributed by atoms with Crippen LogP contribution in [0.1, 0.15) is 32.1 Å². The van der Waals surface area contributed by atoms with Gasteiger partial charge in [-0.1, -0.05) is 12.8 Å². The van der Waals surface area contributed by atoms with E-state index in [1.165, 1.54) is 32.1 Å². The molecule has 3 unspecified atom stereocenters. The lowest BCUT2D eigenvalue weighted by atomic mass is 9.60. The molecule has 2 saturated carbocycles. The highest BCUT2D eigenvalue weighted by Gasteiger charge is 2.38. The molecule has 0 amide bonds. The molecule has 0 saturated heterocycles. The first-order valence-corrected chi connectivity index (χ1v) is 4.62. The standard InChI is InChI=1S/C9H17N.ClH/c10-6-8-3-1-2-7-4-5-9(7)8;/h7-9H,1-6,10H2;1H. The number of rotatable bonds is 1. The summed E-state index contributed by atoms with van der Waals surface area (Å²) in [5.74, 6) is 3.02. The Bertz CT molecular complexity index is 125. The maximum Gasteiger partial charge on any atom is -0.00461 e. The van der Waals surface area contributed by atoms with E-state index in [2.05, 4.69) is 0 Å². The molecule has 2 aliphatic rings. The second-order valence-electron chi connectivity index (χ2n) is 3.93. The molecule has 2 heteroatoms. The van der Waals surface area contributed by atoms with E-state index in [9.17, 15) is 0 Å². The first-order chi connectivity index (χ1) is 4.92. The molecule has 0 aromatic rings. The molecular formula is C9H18ClN. The summed E-state index contributed by atoms with van der Waals surface area (Å²) in [6, 6.07) is 0. The molecule has 0 aromatic carbocycles. The van der Waals surface area contributed by atoms with Crippen molar-refractivity contribution in [1.82, 2.24) is 0 Å². The minimum Gasteiger partial charge on any atom is -0.330 e. The Morgan fingerprint density at radius 2 is 1.91 bits per heavy atom. The molecule has 1 nitrogen and oxygen atoms in total. The Morgan fingerprint density at radius 3 is 2.36 bits per heavy atom. The van der Waals surface area contributed by atoms with Gasteiger partial charge < -0.3 is 5.73 Å². The Labute approximate surface area is 75.1 Å². The Morgan fingerprint density at radius 1 is 1.09 bits per heavy atom. The third-order valence-electron chi connectivity index (χ3n) is 3.53. The SMILES string of the molecule is Cl.NCC1CCCC2CCC12. The Balaban J connectivity index is 0.000000605. The minimum atomic E-state index is 0. The van der Waals surface area contributed by atoms with Gasteiger partial charge in [-0.05, 0) is 43.6 Å². The Hall–Kier alpha value is 0.250. The number of halogens is 1. The molecular weight excluding hydrogens is 158 g/mol. The van der Waals surface area contributed by atoms with E-state index in [1.54, 1.807) is 0 Å². The van der Waals surface area contributed by atoms with Gasteiger partial charge in [-0.25, -0.2) is 0 Å². The van der Waals surface area contributed by atoms with Gasteiger partial charge in [0.1, 0.15) is 0 Å². The summed E-state index contributed by atoms with van der Waals surface area (Å²) >= 11 is 0. The monoisotopic (exact) mass is 175 g/mol. The molecule has 0 aliphatic heterocycles. The number of nitrogens with two attached hydrogens (primary N) is 1. The summed E-state index contributed by atoms with van der Waals surface area (Å²) in [6.07, 6.45) is 7.34. The van der Waals surface area contributed by atoms with Crippen molar-refractivity contribution in [2.75, 3.05) is 6.54 Å². The number of hydrogen-bond donors (Lipinski definition) is 1. The highest BCUT2D eigenvalue weighted by Crippen LogP contribution is 2.47. The molecule has 2 N–H and O–H groups in total. The number of fused-ring (bicyclic) bond motifs is 1. The van der Waals surface area contributed by atoms with Crippen molar-refractivity contribution in [2.24, 2.45) is 23.5 Å². The van der Waals surface area contributed by atoms with Gasteiger partial charge in [-0.3, -0.25) is 0 Å². The first kappa shape index (κ1) is 9.34. The van der Waals surface area contributed by atoms with E-state index in [1.807, 2.05) is 0 Å². The molecule has 3 atom stereocenters. The maximum atomic E-state index is 5.69. The normalized spacial score (nSPS) is 41.7. The third-order valence-corrected chi connectivity index (χ3v) is 3.53. The van der Waals surface area contributed by atoms with E-state index in [-0.39, 0.29) is 12.4 Å². The van der Waals surface area contributed by atoms with Gasteiger partial charge in [0.05, 0.1) is 0 Å². The van der Waals surface area contributed by atoms with Crippen molar-refractivity contribution < 1.29 is 0 Å². The zero-order valence-electron chi connectivity index (χ0n) is 6.96. The predicted octanol–water partition coefficient (Wildman–Crippen LogP) is 2.19. The van der Waals surface area contributed by atoms with Crippen LogP contribution in [0.25, 0.3) is 0 Å². The second kappa shape index (κ2) is 3.77. The van der Waals surface area contributed by atoms with E-state index >= 15 is 0 Å². The van der Waals surface area contributed by atoms with Crippen molar-refractivity contribution in [3.63, 3.8) is 0 Å². The van der Waals surface area contributed by atoms with Gasteiger partial charge >= 0.3 is 0 Å². The molecule has 2 aliphatic carbocycles. The fourth-order valence-corrected chi connectivity index (χ4v) is 2.72. The van der Waals surface area contributed by atoms with Crippen LogP contribution in [-0.2, 0) is 0 Å². The van der Waals surface area contributed by atoms with Crippen molar-refractivity contribution in [3.8, 4) is 0 Å². The van der Waals surface area contributed by atoms with Gasteiger partial charge in [0, 0.05) is 0 Å². The number of hydrogen-bond acceptors (Lipinski definition) is 1. The third kappa shape index (κ3) is 1.54. The van der Waals surface area contributed by atoms with Gasteiger partial charge in [-0.2, -0.15) is 0 Å². The van der Waals surface area contributed by atoms with E-state index < -0.39 is 0 Å². The molecule has 0 spiro atoms. The highest BCUT2D eigenvalue weighted by molar-refractivity contribution is 5.85. The van der Waals surface area contributed by atoms with Crippen LogP contribution in [0.2, 0.25) is 0 Å². The predicted molar refractivity (Wildman–Crippen MR) is 49.9 cm³/mol. The van der Waals surface area contributed by atoms with Crippen LogP contribution in [0.5, 0.6) is 0 Å². The van der Waals surface area contributed by atoms with E-state index in [4.69, 9.17) is 5.73 Å². The lowest BCUT2D eigenvalue weighted by Gasteiger charge is -2.45. The van der Waals surface area contributed by atoms with Crippen molar-refractivity contribution in [2.45, 2.75) is 32.1 Å². The quantitative estimate of drug-likeness (QED) is 0.650. The van der Waals surface area contributed by atoms with Crippen molar-refractivity contribution in [1.29, 1.82) is 0 Å². The average molecular weight is 176 g/mol. The summed E-state index contributed by atoms with van der Waals surface area (Å²) in [4.78, 5) is 0. The van der Waals surface area contributed by atoms with Gasteiger partial charge in [-0.15, -0.1) is 12.4 Å². The van der Waals surface area contributed by atoms with Gasteiger partial charge in [0.25, 0.3) is 0 Å². The summed E-state index contributed by atoms with van der Waals surface area (Å²) in [5, 5.41) is 0. The zero-order chi connectivity index (χ0) is 6.97. The van der Waals surface area contributed by atoms with Crippen molar-refractivity contribution >= 4 is 12.4 Å². The second-order valence-corrected chi connectivity index (χ2v) is 3.93. The van der Waals surface area contributed by atoms with Crippen LogP contribution in [-0.4, -0.2) is 6.54 Å². The van der Waals surface area contributed by atoms with E-state index in [0.29, 0.717) is 0 Å². The summed E-state index contributed by atoms with van der Waals surface area (Å²) in [7, 11) is 0. The van der Waals surface area contributed by atoms with Crippen LogP contribution in [0.15, 0.2) is 0 Å². The summed E-state index contributed by atoms with van der Waals surface area (Å²) < 4.78 is 0. The van der Waals surface area contributed by atoms with Crippen LogP contribution in [0.3, 0.4) is 0 Å². The maximum absolute atomic E-state index is 5.69. The average Bonchev–Trinajstić information content (AvgIpc) is 1.91. The summed E-state index contributed by atoms with van der Waals surface area (Å²) in [6.45, 7) is 0.946. The minimum absolute atomic E-state index is 0. The van der Waals surface area contributed by atoms with Gasteiger partial charge in [0.2, 0.25) is 0 Å². The molecule has 0 aromatic heterocycles. The van der Waals surface area contributed by atoms with Crippen LogP contribution in [0, 0.1) is 17.8 Å². The highest BCUT2D eigenvalue weighted by atomic mass is 35.5. The molecule has 66 valence electrons. The molecule has 0 radical (unpaired) electrons. The molecule has 0 heterocycles. The molecule has 2 fully saturated rings. The molecule has 11 heavy (non-hydrogen) atoms. The van der Waals surface area contributed by atoms with E-state index in [0.717, 1.165) is 24.3 Å². The van der Waals surface area contributed by atoms with Crippen LogP contribution >= 0.6 is 12.4 Å². The fourth-order valence-electron chi connectivity index (χ4n) is 2.72. The van der Waals surface area contributed by atoms with Crippen molar-refractivity contribution in [3.05, 3.63) is 0 Å². The van der Waals surface area contributed by atoms with Gasteiger partial charge in [0.15, 0.2) is 0 Å². The van der Waals surface area contributed by atoms with Crippen LogP contribution in [0.4, 0.5) is 0 Å². The fraction of sp³-hybridized carbons (Fsp3) is 1.00. The lowest BCUT2D eigenvalue weighted by molar-refractivity contribution is 0.0570. The molecule has 0 bridgehead atoms. The Kier molecular flexibility index (Phi) is 3.20. The zero-order valence-corrected chi connectivity index (χ0v) is 7.78. The largest absolute Gasteiger partial charge is 0.330 e. The summed E-state index contributed by atoms with van der Waals surface area (Å²) in [5.41, 5.74) is 5.69. The molecule has 2 rings (SSSR count). The first-order valence-electron chi connectivity index (χ1n) is 4.62. The van der Waals surface area contributed by atoms with Crippen LogP contribution < -0.4 is 5.73 Å². The topological polar surface area (TPSA) is 26.0 Å². The lowest BCUT2D eigenvalue weighted by Crippen LogP contribution is -2.39. The smallest absolute Gasteiger partial charge is 0.00461 e.